The van der Waals surface area contributed by atoms with E-state index in [-0.39, 0.29) is 30.0 Å². The van der Waals surface area contributed by atoms with E-state index in [1.54, 1.807) is 4.90 Å². The summed E-state index contributed by atoms with van der Waals surface area (Å²) in [5.41, 5.74) is 0.976. The van der Waals surface area contributed by atoms with Gasteiger partial charge >= 0.3 is 0 Å². The molecule has 2 atom stereocenters. The number of hydrogen-bond donors (Lipinski definition) is 1. The van der Waals surface area contributed by atoms with Crippen LogP contribution in [0.25, 0.3) is 0 Å². The lowest BCUT2D eigenvalue weighted by molar-refractivity contribution is -0.128. The van der Waals surface area contributed by atoms with Gasteiger partial charge < -0.3 is 9.80 Å². The highest BCUT2D eigenvalue weighted by Gasteiger charge is 2.34. The minimum atomic E-state index is -3.50. The third-order valence-electron chi connectivity index (χ3n) is 4.14. The van der Waals surface area contributed by atoms with Gasteiger partial charge in [0, 0.05) is 25.8 Å². The fourth-order valence-electron chi connectivity index (χ4n) is 2.83. The van der Waals surface area contributed by atoms with Crippen LogP contribution in [0.3, 0.4) is 0 Å². The van der Waals surface area contributed by atoms with E-state index in [0.717, 1.165) is 5.69 Å². The van der Waals surface area contributed by atoms with Gasteiger partial charge in [0.2, 0.25) is 15.9 Å². The number of likely N-dealkylation sites (tertiary alicyclic amines) is 1. The van der Waals surface area contributed by atoms with Gasteiger partial charge in [0.15, 0.2) is 0 Å². The lowest BCUT2D eigenvalue weighted by Gasteiger charge is -2.23. The largest absolute Gasteiger partial charge is 0.365 e. The Bertz CT molecular complexity index is 618. The van der Waals surface area contributed by atoms with Crippen molar-refractivity contribution in [2.45, 2.75) is 6.92 Å². The topological polar surface area (TPSA) is 83.7 Å². The molecule has 0 aromatic heterocycles. The summed E-state index contributed by atoms with van der Waals surface area (Å²) in [6.07, 6.45) is 0. The van der Waals surface area contributed by atoms with Gasteiger partial charge in [0.1, 0.15) is 0 Å². The van der Waals surface area contributed by atoms with Crippen molar-refractivity contribution in [3.8, 4) is 0 Å². The number of para-hydroxylation sites is 1. The molecule has 1 amide bonds. The van der Waals surface area contributed by atoms with Crippen LogP contribution in [0, 0.1) is 11.8 Å². The predicted molar refractivity (Wildman–Crippen MR) is 86.9 cm³/mol. The fourth-order valence-corrected chi connectivity index (χ4v) is 3.86. The summed E-state index contributed by atoms with van der Waals surface area (Å²) < 4.78 is 22.5. The molecule has 0 aliphatic carbocycles. The lowest BCUT2D eigenvalue weighted by Crippen LogP contribution is -2.38. The smallest absolute Gasteiger partial charge is 0.242 e. The number of amides is 1. The number of carbonyl (C=O) groups is 1. The average Bonchev–Trinajstić information content (AvgIpc) is 2.79. The highest BCUT2D eigenvalue weighted by Crippen LogP contribution is 2.24. The van der Waals surface area contributed by atoms with Gasteiger partial charge in [-0.2, -0.15) is 0 Å². The van der Waals surface area contributed by atoms with Gasteiger partial charge in [0.05, 0.1) is 12.3 Å². The number of carbonyl (C=O) groups excluding carboxylic acids is 1. The van der Waals surface area contributed by atoms with Crippen molar-refractivity contribution in [2.75, 3.05) is 37.3 Å². The number of anilines is 1. The highest BCUT2D eigenvalue weighted by molar-refractivity contribution is 7.89. The summed E-state index contributed by atoms with van der Waals surface area (Å²) in [6, 6.07) is 9.68. The van der Waals surface area contributed by atoms with Crippen molar-refractivity contribution in [3.63, 3.8) is 0 Å². The van der Waals surface area contributed by atoms with Gasteiger partial charge in [-0.1, -0.05) is 25.1 Å². The van der Waals surface area contributed by atoms with Gasteiger partial charge in [-0.15, -0.1) is 0 Å². The second-order valence-electron chi connectivity index (χ2n) is 6.06. The molecular weight excluding hydrogens is 302 g/mol. The number of likely N-dealkylation sites (N-methyl/N-ethyl adjacent to an activating group) is 1. The number of sulfonamides is 1. The number of rotatable bonds is 5. The molecular formula is C15H23N3O3S. The highest BCUT2D eigenvalue weighted by atomic mass is 32.2. The number of benzene rings is 1. The molecule has 1 aliphatic rings. The second-order valence-corrected chi connectivity index (χ2v) is 7.72. The molecule has 6 nitrogen and oxygen atoms in total. The number of primary sulfonamides is 1. The maximum Gasteiger partial charge on any atom is 0.242 e. The standard InChI is InChI=1S/C15H23N3O3S/c1-12-8-18(9-13(12)11-22(16,20)21)15(19)10-17(2)14-6-4-3-5-7-14/h3-7,12-13H,8-11H2,1-2H3,(H2,16,20,21)/t12-,13+/m1/s1. The van der Waals surface area contributed by atoms with Crippen molar-refractivity contribution < 1.29 is 13.2 Å². The van der Waals surface area contributed by atoms with Gasteiger partial charge in [-0.25, -0.2) is 13.6 Å². The molecule has 22 heavy (non-hydrogen) atoms. The van der Waals surface area contributed by atoms with Crippen LogP contribution in [0.1, 0.15) is 6.92 Å². The summed E-state index contributed by atoms with van der Waals surface area (Å²) in [6.45, 7) is 3.28. The molecule has 0 bridgehead atoms. The van der Waals surface area contributed by atoms with Crippen LogP contribution in [0.4, 0.5) is 5.69 Å². The van der Waals surface area contributed by atoms with E-state index in [1.165, 1.54) is 0 Å². The lowest BCUT2D eigenvalue weighted by atomic mass is 10.0. The first-order chi connectivity index (χ1) is 10.3. The molecule has 122 valence electrons. The monoisotopic (exact) mass is 325 g/mol. The Morgan fingerprint density at radius 3 is 2.55 bits per heavy atom. The van der Waals surface area contributed by atoms with Crippen LogP contribution >= 0.6 is 0 Å². The Balaban J connectivity index is 1.94. The third kappa shape index (κ3) is 4.45. The normalized spacial score (nSPS) is 21.9. The maximum absolute atomic E-state index is 12.4. The molecule has 1 aromatic carbocycles. The third-order valence-corrected chi connectivity index (χ3v) is 5.03. The molecule has 1 heterocycles. The molecule has 1 aromatic rings. The summed E-state index contributed by atoms with van der Waals surface area (Å²) in [5.74, 6) is 0.00680. The van der Waals surface area contributed by atoms with Crippen LogP contribution in [0.5, 0.6) is 0 Å². The van der Waals surface area contributed by atoms with Gasteiger partial charge in [-0.3, -0.25) is 4.79 Å². The fraction of sp³-hybridized carbons (Fsp3) is 0.533. The van der Waals surface area contributed by atoms with Crippen molar-refractivity contribution in [2.24, 2.45) is 17.0 Å². The van der Waals surface area contributed by atoms with E-state index >= 15 is 0 Å². The Labute approximate surface area is 131 Å². The molecule has 1 saturated heterocycles. The molecule has 0 spiro atoms. The zero-order valence-corrected chi connectivity index (χ0v) is 13.8. The predicted octanol–water partition coefficient (Wildman–Crippen LogP) is 0.506. The van der Waals surface area contributed by atoms with Crippen LogP contribution in [0.2, 0.25) is 0 Å². The number of hydrogen-bond acceptors (Lipinski definition) is 4. The molecule has 7 heteroatoms. The van der Waals surface area contributed by atoms with Gasteiger partial charge in [-0.05, 0) is 24.0 Å². The average molecular weight is 325 g/mol. The summed E-state index contributed by atoms with van der Waals surface area (Å²) in [4.78, 5) is 16.0. The summed E-state index contributed by atoms with van der Waals surface area (Å²) in [5, 5.41) is 5.12. The zero-order valence-electron chi connectivity index (χ0n) is 13.0. The maximum atomic E-state index is 12.4. The SMILES string of the molecule is C[C@@H]1CN(C(=O)CN(C)c2ccccc2)C[C@H]1CS(N)(=O)=O. The van der Waals surface area contributed by atoms with Crippen molar-refractivity contribution >= 4 is 21.6 Å². The van der Waals surface area contributed by atoms with E-state index in [1.807, 2.05) is 49.2 Å². The van der Waals surface area contributed by atoms with E-state index in [4.69, 9.17) is 5.14 Å². The van der Waals surface area contributed by atoms with Crippen LogP contribution in [0.15, 0.2) is 30.3 Å². The zero-order chi connectivity index (χ0) is 16.3. The molecule has 0 radical (unpaired) electrons. The molecule has 2 N–H and O–H groups in total. The molecule has 0 saturated carbocycles. The molecule has 2 rings (SSSR count). The van der Waals surface area contributed by atoms with Crippen molar-refractivity contribution in [1.29, 1.82) is 0 Å². The molecule has 0 unspecified atom stereocenters. The molecule has 1 aliphatic heterocycles. The quantitative estimate of drug-likeness (QED) is 0.855. The second kappa shape index (κ2) is 6.66. The van der Waals surface area contributed by atoms with Crippen LogP contribution in [-0.4, -0.2) is 51.7 Å². The van der Waals surface area contributed by atoms with E-state index in [2.05, 4.69) is 0 Å². The Kier molecular flexibility index (Phi) is 5.08. The Hall–Kier alpha value is -1.60. The summed E-state index contributed by atoms with van der Waals surface area (Å²) in [7, 11) is -1.63. The van der Waals surface area contributed by atoms with E-state index < -0.39 is 10.0 Å². The first kappa shape index (κ1) is 16.8. The first-order valence-corrected chi connectivity index (χ1v) is 9.02. The number of nitrogens with zero attached hydrogens (tertiary/aromatic N) is 2. The summed E-state index contributed by atoms with van der Waals surface area (Å²) >= 11 is 0. The van der Waals surface area contributed by atoms with Crippen LogP contribution < -0.4 is 10.0 Å². The van der Waals surface area contributed by atoms with Gasteiger partial charge in [0.25, 0.3) is 0 Å². The minimum Gasteiger partial charge on any atom is -0.365 e. The van der Waals surface area contributed by atoms with Crippen molar-refractivity contribution in [1.82, 2.24) is 4.90 Å². The van der Waals surface area contributed by atoms with Crippen molar-refractivity contribution in [3.05, 3.63) is 30.3 Å². The number of nitrogens with two attached hydrogens (primary N) is 1. The Morgan fingerprint density at radius 1 is 1.32 bits per heavy atom. The first-order valence-electron chi connectivity index (χ1n) is 7.30. The minimum absolute atomic E-state index is 0.00937. The molecule has 1 fully saturated rings. The van der Waals surface area contributed by atoms with Crippen LogP contribution in [-0.2, 0) is 14.8 Å². The van der Waals surface area contributed by atoms with E-state index in [9.17, 15) is 13.2 Å². The Morgan fingerprint density at radius 2 is 1.95 bits per heavy atom. The van der Waals surface area contributed by atoms with E-state index in [0.29, 0.717) is 13.1 Å².